The second-order valence-corrected chi connectivity index (χ2v) is 6.67. The lowest BCUT2D eigenvalue weighted by atomic mass is 10.6. The van der Waals surface area contributed by atoms with Crippen molar-refractivity contribution in [1.82, 2.24) is 19.8 Å². The van der Waals surface area contributed by atoms with Gasteiger partial charge in [0.05, 0.1) is 13.2 Å². The van der Waals surface area contributed by atoms with E-state index in [2.05, 4.69) is 14.9 Å². The number of anilines is 1. The second-order valence-electron chi connectivity index (χ2n) is 3.72. The molecule has 3 N–H and O–H groups in total. The van der Waals surface area contributed by atoms with Gasteiger partial charge in [-0.2, -0.15) is 0 Å². The van der Waals surface area contributed by atoms with Crippen LogP contribution >= 0.6 is 11.3 Å². The summed E-state index contributed by atoms with van der Waals surface area (Å²) in [4.78, 5) is 1.98. The first kappa shape index (κ1) is 15.2. The summed E-state index contributed by atoms with van der Waals surface area (Å²) in [6.45, 7) is 1.84. The summed E-state index contributed by atoms with van der Waals surface area (Å²) in [5, 5.41) is 7.04. The number of nitrogens with one attached hydrogen (secondary N) is 1. The molecule has 18 heavy (non-hydrogen) atoms. The van der Waals surface area contributed by atoms with Crippen molar-refractivity contribution in [3.8, 4) is 0 Å². The molecule has 0 spiro atoms. The molecule has 0 radical (unpaired) electrons. The molecular formula is C8H17N5O3S2. The molecule has 10 heteroatoms. The zero-order valence-corrected chi connectivity index (χ0v) is 11.9. The fourth-order valence-corrected chi connectivity index (χ4v) is 2.83. The Morgan fingerprint density at radius 1 is 1.39 bits per heavy atom. The second kappa shape index (κ2) is 6.95. The van der Waals surface area contributed by atoms with Crippen molar-refractivity contribution in [2.24, 2.45) is 0 Å². The number of nitrogens with zero attached hydrogens (tertiary/aromatic N) is 3. The molecular weight excluding hydrogens is 278 g/mol. The molecule has 0 fully saturated rings. The van der Waals surface area contributed by atoms with Crippen LogP contribution in [0.5, 0.6) is 0 Å². The molecule has 0 saturated heterocycles. The van der Waals surface area contributed by atoms with Crippen LogP contribution in [-0.4, -0.2) is 63.9 Å². The molecule has 0 aromatic carbocycles. The van der Waals surface area contributed by atoms with Crippen LogP contribution < -0.4 is 10.5 Å². The number of hydrogen-bond donors (Lipinski definition) is 2. The fraction of sp³-hybridized carbons (Fsp3) is 0.750. The Bertz CT molecular complexity index is 459. The van der Waals surface area contributed by atoms with Gasteiger partial charge in [-0.15, -0.1) is 10.2 Å². The van der Waals surface area contributed by atoms with Crippen LogP contribution in [0.3, 0.4) is 0 Å². The number of aromatic nitrogens is 2. The largest absolute Gasteiger partial charge is 0.379 e. The Morgan fingerprint density at radius 3 is 2.67 bits per heavy atom. The molecule has 8 nitrogen and oxygen atoms in total. The molecule has 0 aliphatic rings. The third-order valence-electron chi connectivity index (χ3n) is 1.87. The van der Waals surface area contributed by atoms with Crippen molar-refractivity contribution >= 4 is 26.5 Å². The highest BCUT2D eigenvalue weighted by Gasteiger charge is 2.18. The molecule has 1 aromatic rings. The zero-order valence-electron chi connectivity index (χ0n) is 10.3. The van der Waals surface area contributed by atoms with Gasteiger partial charge in [-0.25, -0.2) is 13.1 Å². The molecule has 1 aromatic heterocycles. The molecule has 1 rings (SSSR count). The first-order chi connectivity index (χ1) is 8.42. The average molecular weight is 295 g/mol. The molecule has 0 atom stereocenters. The van der Waals surface area contributed by atoms with E-state index in [-0.39, 0.29) is 16.0 Å². The zero-order chi connectivity index (χ0) is 13.6. The quantitative estimate of drug-likeness (QED) is 0.590. The van der Waals surface area contributed by atoms with Crippen LogP contribution in [0.15, 0.2) is 4.34 Å². The van der Waals surface area contributed by atoms with Crippen molar-refractivity contribution < 1.29 is 13.2 Å². The highest BCUT2D eigenvalue weighted by molar-refractivity contribution is 7.91. The Hall–Kier alpha value is -0.810. The number of likely N-dealkylation sites (N-methyl/N-ethyl adjacent to an activating group) is 1. The van der Waals surface area contributed by atoms with E-state index >= 15 is 0 Å². The summed E-state index contributed by atoms with van der Waals surface area (Å²) in [6, 6.07) is 0. The van der Waals surface area contributed by atoms with Crippen molar-refractivity contribution in [3.05, 3.63) is 0 Å². The summed E-state index contributed by atoms with van der Waals surface area (Å²) < 4.78 is 30.8. The minimum atomic E-state index is -3.62. The van der Waals surface area contributed by atoms with Crippen LogP contribution in [0.4, 0.5) is 5.13 Å². The molecule has 0 amide bonds. The number of ether oxygens (including phenoxy) is 1. The summed E-state index contributed by atoms with van der Waals surface area (Å²) in [5.74, 6) is 0. The lowest BCUT2D eigenvalue weighted by Crippen LogP contribution is -2.28. The van der Waals surface area contributed by atoms with Crippen LogP contribution in [0.25, 0.3) is 0 Å². The van der Waals surface area contributed by atoms with Crippen molar-refractivity contribution in [2.45, 2.75) is 4.34 Å². The predicted molar refractivity (Wildman–Crippen MR) is 68.9 cm³/mol. The van der Waals surface area contributed by atoms with Gasteiger partial charge in [0.1, 0.15) is 0 Å². The molecule has 0 saturated carbocycles. The lowest BCUT2D eigenvalue weighted by Gasteiger charge is -2.09. The van der Waals surface area contributed by atoms with Gasteiger partial charge in [0, 0.05) is 13.1 Å². The highest BCUT2D eigenvalue weighted by Crippen LogP contribution is 2.15. The Morgan fingerprint density at radius 2 is 2.11 bits per heavy atom. The van der Waals surface area contributed by atoms with Gasteiger partial charge < -0.3 is 15.4 Å². The lowest BCUT2D eigenvalue weighted by molar-refractivity contribution is 0.122. The van der Waals surface area contributed by atoms with Gasteiger partial charge >= 0.3 is 0 Å². The van der Waals surface area contributed by atoms with Gasteiger partial charge in [-0.05, 0) is 14.1 Å². The maximum Gasteiger partial charge on any atom is 0.269 e. The van der Waals surface area contributed by atoms with E-state index in [1.54, 1.807) is 0 Å². The Kier molecular flexibility index (Phi) is 5.88. The van der Waals surface area contributed by atoms with E-state index in [0.717, 1.165) is 17.9 Å². The maximum atomic E-state index is 11.7. The molecule has 104 valence electrons. The predicted octanol–water partition coefficient (Wildman–Crippen LogP) is -1.02. The average Bonchev–Trinajstić information content (AvgIpc) is 2.70. The van der Waals surface area contributed by atoms with E-state index in [1.807, 2.05) is 19.0 Å². The van der Waals surface area contributed by atoms with Crippen LogP contribution in [-0.2, 0) is 14.8 Å². The first-order valence-corrected chi connectivity index (χ1v) is 7.53. The van der Waals surface area contributed by atoms with Crippen LogP contribution in [0.2, 0.25) is 0 Å². The normalized spacial score (nSPS) is 12.2. The van der Waals surface area contributed by atoms with Crippen molar-refractivity contribution in [3.63, 3.8) is 0 Å². The summed E-state index contributed by atoms with van der Waals surface area (Å²) in [7, 11) is 0.254. The van der Waals surface area contributed by atoms with Crippen LogP contribution in [0, 0.1) is 0 Å². The number of sulfonamides is 1. The molecule has 0 aliphatic carbocycles. The van der Waals surface area contributed by atoms with Gasteiger partial charge in [0.15, 0.2) is 0 Å². The molecule has 0 bridgehead atoms. The van der Waals surface area contributed by atoms with Gasteiger partial charge in [-0.1, -0.05) is 11.3 Å². The Labute approximate surface area is 110 Å². The summed E-state index contributed by atoms with van der Waals surface area (Å²) >= 11 is 0.824. The monoisotopic (exact) mass is 295 g/mol. The van der Waals surface area contributed by atoms with E-state index < -0.39 is 10.0 Å². The van der Waals surface area contributed by atoms with Gasteiger partial charge in [0.25, 0.3) is 10.0 Å². The number of nitrogen functional groups attached to an aromatic ring is 1. The van der Waals surface area contributed by atoms with E-state index in [4.69, 9.17) is 10.5 Å². The van der Waals surface area contributed by atoms with Crippen LogP contribution in [0.1, 0.15) is 0 Å². The number of hydrogen-bond acceptors (Lipinski definition) is 8. The SMILES string of the molecule is CN(C)CCOCCNS(=O)(=O)c1nnc(N)s1. The maximum absolute atomic E-state index is 11.7. The minimum Gasteiger partial charge on any atom is -0.379 e. The van der Waals surface area contributed by atoms with Gasteiger partial charge in [-0.3, -0.25) is 0 Å². The summed E-state index contributed by atoms with van der Waals surface area (Å²) in [6.07, 6.45) is 0. The number of rotatable bonds is 8. The number of nitrogens with two attached hydrogens (primary N) is 1. The fourth-order valence-electron chi connectivity index (χ4n) is 0.988. The van der Waals surface area contributed by atoms with E-state index in [0.29, 0.717) is 13.2 Å². The molecule has 0 unspecified atom stereocenters. The highest BCUT2D eigenvalue weighted by atomic mass is 32.2. The molecule has 1 heterocycles. The third kappa shape index (κ3) is 5.23. The van der Waals surface area contributed by atoms with Gasteiger partial charge in [0.2, 0.25) is 9.47 Å². The van der Waals surface area contributed by atoms with Crippen molar-refractivity contribution in [1.29, 1.82) is 0 Å². The van der Waals surface area contributed by atoms with E-state index in [9.17, 15) is 8.42 Å². The third-order valence-corrected chi connectivity index (χ3v) is 4.45. The topological polar surface area (TPSA) is 110 Å². The minimum absolute atomic E-state index is 0.123. The Balaban J connectivity index is 2.26. The smallest absolute Gasteiger partial charge is 0.269 e. The standard InChI is InChI=1S/C8H17N5O3S2/c1-13(2)4-6-16-5-3-10-18(14,15)8-12-11-7(9)17-8/h10H,3-6H2,1-2H3,(H2,9,11). The summed E-state index contributed by atoms with van der Waals surface area (Å²) in [5.41, 5.74) is 5.32. The van der Waals surface area contributed by atoms with Crippen molar-refractivity contribution in [2.75, 3.05) is 46.1 Å². The first-order valence-electron chi connectivity index (χ1n) is 5.23. The molecule has 0 aliphatic heterocycles. The van der Waals surface area contributed by atoms with E-state index in [1.165, 1.54) is 0 Å².